The van der Waals surface area contributed by atoms with Crippen LogP contribution in [0.3, 0.4) is 0 Å². The molecule has 1 saturated heterocycles. The number of piperidine rings is 1. The molecule has 3 unspecified atom stereocenters. The fourth-order valence-corrected chi connectivity index (χ4v) is 3.24. The zero-order valence-corrected chi connectivity index (χ0v) is 13.0. The van der Waals surface area contributed by atoms with Gasteiger partial charge in [0.05, 0.1) is 12.1 Å². The average Bonchev–Trinajstić information content (AvgIpc) is 2.49. The topological polar surface area (TPSA) is 35.5 Å². The maximum atomic E-state index is 10.0. The number of rotatable bonds is 5. The van der Waals surface area contributed by atoms with Gasteiger partial charge in [-0.2, -0.15) is 0 Å². The molecule has 0 aromatic heterocycles. The molecule has 0 bridgehead atoms. The van der Waals surface area contributed by atoms with Crippen LogP contribution in [0.2, 0.25) is 0 Å². The van der Waals surface area contributed by atoms with E-state index < -0.39 is 0 Å². The number of hydrogen-bond acceptors (Lipinski definition) is 3. The summed E-state index contributed by atoms with van der Waals surface area (Å²) in [5, 5.41) is 13.4. The minimum Gasteiger partial charge on any atom is -0.394 e. The molecule has 1 heterocycles. The monoisotopic (exact) mass is 276 g/mol. The second-order valence-electron chi connectivity index (χ2n) is 6.32. The van der Waals surface area contributed by atoms with Gasteiger partial charge in [0.15, 0.2) is 0 Å². The first-order valence-corrected chi connectivity index (χ1v) is 7.70. The Labute approximate surface area is 123 Å². The second kappa shape index (κ2) is 6.70. The van der Waals surface area contributed by atoms with Gasteiger partial charge in [-0.3, -0.25) is 4.90 Å². The number of nitrogens with zero attached hydrogens (tertiary/aromatic N) is 1. The molecule has 1 aliphatic heterocycles. The molecule has 112 valence electrons. The van der Waals surface area contributed by atoms with Crippen LogP contribution in [0, 0.1) is 5.92 Å². The quantitative estimate of drug-likeness (QED) is 0.865. The Bertz CT molecular complexity index is 403. The van der Waals surface area contributed by atoms with Gasteiger partial charge < -0.3 is 10.4 Å². The van der Waals surface area contributed by atoms with Crippen LogP contribution in [-0.2, 0) is 5.54 Å². The first kappa shape index (κ1) is 15.5. The van der Waals surface area contributed by atoms with Crippen molar-refractivity contribution >= 4 is 0 Å². The summed E-state index contributed by atoms with van der Waals surface area (Å²) >= 11 is 0. The number of aliphatic hydroxyl groups is 1. The van der Waals surface area contributed by atoms with Crippen LogP contribution in [0.15, 0.2) is 30.3 Å². The van der Waals surface area contributed by atoms with Crippen LogP contribution >= 0.6 is 0 Å². The summed E-state index contributed by atoms with van der Waals surface area (Å²) < 4.78 is 0. The Morgan fingerprint density at radius 1 is 1.25 bits per heavy atom. The van der Waals surface area contributed by atoms with Gasteiger partial charge in [0.25, 0.3) is 0 Å². The van der Waals surface area contributed by atoms with Gasteiger partial charge in [0.1, 0.15) is 0 Å². The highest BCUT2D eigenvalue weighted by Gasteiger charge is 2.35. The Hall–Kier alpha value is -0.900. The average molecular weight is 276 g/mol. The van der Waals surface area contributed by atoms with Crippen molar-refractivity contribution in [3.8, 4) is 0 Å². The first-order valence-electron chi connectivity index (χ1n) is 7.70. The summed E-state index contributed by atoms with van der Waals surface area (Å²) in [4.78, 5) is 2.52. The second-order valence-corrected chi connectivity index (χ2v) is 6.32. The number of aliphatic hydroxyl groups excluding tert-OH is 1. The van der Waals surface area contributed by atoms with E-state index in [1.54, 1.807) is 0 Å². The lowest BCUT2D eigenvalue weighted by atomic mass is 9.87. The van der Waals surface area contributed by atoms with Gasteiger partial charge in [-0.15, -0.1) is 0 Å². The third kappa shape index (κ3) is 3.22. The van der Waals surface area contributed by atoms with Crippen molar-refractivity contribution in [1.82, 2.24) is 10.2 Å². The fourth-order valence-electron chi connectivity index (χ4n) is 3.24. The molecule has 1 aromatic rings. The molecule has 0 radical (unpaired) electrons. The Kier molecular flexibility index (Phi) is 5.19. The van der Waals surface area contributed by atoms with Crippen molar-refractivity contribution in [2.75, 3.05) is 26.7 Å². The van der Waals surface area contributed by atoms with E-state index in [1.165, 1.54) is 12.8 Å². The molecule has 0 spiro atoms. The maximum absolute atomic E-state index is 10.0. The van der Waals surface area contributed by atoms with Crippen LogP contribution in [0.1, 0.15) is 32.3 Å². The maximum Gasteiger partial charge on any atom is 0.0795 e. The highest BCUT2D eigenvalue weighted by Crippen LogP contribution is 2.27. The van der Waals surface area contributed by atoms with Gasteiger partial charge in [0, 0.05) is 19.1 Å². The lowest BCUT2D eigenvalue weighted by Crippen LogP contribution is -2.55. The normalized spacial score (nSPS) is 27.2. The number of nitrogens with one attached hydrogen (secondary N) is 1. The predicted octanol–water partition coefficient (Wildman–Crippen LogP) is 2.21. The van der Waals surface area contributed by atoms with Gasteiger partial charge in [-0.05, 0) is 38.3 Å². The van der Waals surface area contributed by atoms with Crippen LogP contribution in [-0.4, -0.2) is 42.8 Å². The smallest absolute Gasteiger partial charge is 0.0795 e. The minimum atomic E-state index is -0.368. The van der Waals surface area contributed by atoms with E-state index in [0.29, 0.717) is 6.04 Å². The summed E-state index contributed by atoms with van der Waals surface area (Å²) in [7, 11) is 1.95. The van der Waals surface area contributed by atoms with Gasteiger partial charge in [0.2, 0.25) is 0 Å². The van der Waals surface area contributed by atoms with Crippen molar-refractivity contribution in [3.05, 3.63) is 35.9 Å². The summed E-state index contributed by atoms with van der Waals surface area (Å²) in [6.07, 6.45) is 2.57. The molecule has 3 heteroatoms. The number of likely N-dealkylation sites (N-methyl/N-ethyl adjacent to an activating group) is 1. The lowest BCUT2D eigenvalue weighted by molar-refractivity contribution is 0.0578. The number of likely N-dealkylation sites (tertiary alicyclic amines) is 1. The first-order chi connectivity index (χ1) is 9.61. The highest BCUT2D eigenvalue weighted by atomic mass is 16.3. The van der Waals surface area contributed by atoms with Crippen molar-refractivity contribution in [1.29, 1.82) is 0 Å². The zero-order valence-electron chi connectivity index (χ0n) is 13.0. The van der Waals surface area contributed by atoms with Crippen molar-refractivity contribution in [2.45, 2.75) is 38.3 Å². The summed E-state index contributed by atoms with van der Waals surface area (Å²) in [5.74, 6) is 0.746. The summed E-state index contributed by atoms with van der Waals surface area (Å²) in [5.41, 5.74) is 0.794. The molecule has 20 heavy (non-hydrogen) atoms. The molecule has 3 nitrogen and oxygen atoms in total. The minimum absolute atomic E-state index is 0.116. The predicted molar refractivity (Wildman–Crippen MR) is 83.7 cm³/mol. The Morgan fingerprint density at radius 3 is 2.55 bits per heavy atom. The van der Waals surface area contributed by atoms with Crippen LogP contribution in [0.5, 0.6) is 0 Å². The highest BCUT2D eigenvalue weighted by molar-refractivity contribution is 5.25. The fraction of sp³-hybridized carbons (Fsp3) is 0.647. The number of benzene rings is 1. The molecular weight excluding hydrogens is 248 g/mol. The molecule has 0 amide bonds. The molecular formula is C17H28N2O. The van der Waals surface area contributed by atoms with E-state index in [-0.39, 0.29) is 12.1 Å². The molecule has 2 rings (SSSR count). The van der Waals surface area contributed by atoms with Crippen molar-refractivity contribution in [2.24, 2.45) is 5.92 Å². The molecule has 1 fully saturated rings. The zero-order chi connectivity index (χ0) is 14.6. The third-order valence-corrected chi connectivity index (χ3v) is 4.79. The standard InChI is InChI=1S/C17H28N2O/c1-14-9-10-15(2)19(11-14)12-17(13-20,18-3)16-7-5-4-6-8-16/h4-8,14-15,18,20H,9-13H2,1-3H3. The van der Waals surface area contributed by atoms with E-state index in [1.807, 2.05) is 25.2 Å². The Morgan fingerprint density at radius 2 is 1.95 bits per heavy atom. The van der Waals surface area contributed by atoms with Crippen LogP contribution in [0.25, 0.3) is 0 Å². The summed E-state index contributed by atoms with van der Waals surface area (Å²) in [6.45, 7) is 6.72. The van der Waals surface area contributed by atoms with Gasteiger partial charge in [-0.1, -0.05) is 37.3 Å². The molecule has 0 aliphatic carbocycles. The van der Waals surface area contributed by atoms with Crippen LogP contribution in [0.4, 0.5) is 0 Å². The summed E-state index contributed by atoms with van der Waals surface area (Å²) in [6, 6.07) is 10.9. The molecule has 0 saturated carbocycles. The molecule has 3 atom stereocenters. The SMILES string of the molecule is CNC(CO)(CN1CC(C)CCC1C)c1ccccc1. The van der Waals surface area contributed by atoms with Gasteiger partial charge >= 0.3 is 0 Å². The third-order valence-electron chi connectivity index (χ3n) is 4.79. The van der Waals surface area contributed by atoms with Crippen LogP contribution < -0.4 is 5.32 Å². The van der Waals surface area contributed by atoms with E-state index in [2.05, 4.69) is 36.2 Å². The molecule has 2 N–H and O–H groups in total. The largest absolute Gasteiger partial charge is 0.394 e. The van der Waals surface area contributed by atoms with E-state index in [4.69, 9.17) is 0 Å². The lowest BCUT2D eigenvalue weighted by Gasteiger charge is -2.43. The van der Waals surface area contributed by atoms with E-state index in [0.717, 1.165) is 24.6 Å². The van der Waals surface area contributed by atoms with Gasteiger partial charge in [-0.25, -0.2) is 0 Å². The van der Waals surface area contributed by atoms with E-state index >= 15 is 0 Å². The number of hydrogen-bond donors (Lipinski definition) is 2. The van der Waals surface area contributed by atoms with Crippen molar-refractivity contribution < 1.29 is 5.11 Å². The molecule has 1 aliphatic rings. The van der Waals surface area contributed by atoms with E-state index in [9.17, 15) is 5.11 Å². The Balaban J connectivity index is 2.20. The molecule has 1 aromatic carbocycles. The van der Waals surface area contributed by atoms with Crippen molar-refractivity contribution in [3.63, 3.8) is 0 Å².